The van der Waals surface area contributed by atoms with E-state index in [-0.39, 0.29) is 18.5 Å². The summed E-state index contributed by atoms with van der Waals surface area (Å²) in [5.74, 6) is 0.604. The van der Waals surface area contributed by atoms with Gasteiger partial charge in [-0.3, -0.25) is 0 Å². The molecule has 0 radical (unpaired) electrons. The first-order valence-electron chi connectivity index (χ1n) is 6.97. The molecule has 0 saturated heterocycles. The molecule has 2 rings (SSSR count). The molecular weight excluding hydrogens is 254 g/mol. The molecular formula is C16H23NO3. The van der Waals surface area contributed by atoms with Crippen molar-refractivity contribution in [3.63, 3.8) is 0 Å². The third-order valence-electron chi connectivity index (χ3n) is 4.20. The first-order valence-corrected chi connectivity index (χ1v) is 6.97. The van der Waals surface area contributed by atoms with Gasteiger partial charge in [-0.15, -0.1) is 0 Å². The number of benzene rings is 1. The second-order valence-electron chi connectivity index (χ2n) is 5.75. The molecule has 1 aliphatic carbocycles. The van der Waals surface area contributed by atoms with Crippen molar-refractivity contribution < 1.29 is 14.3 Å². The Morgan fingerprint density at radius 2 is 1.90 bits per heavy atom. The number of methoxy groups -OCH3 is 1. The Balaban J connectivity index is 2.18. The summed E-state index contributed by atoms with van der Waals surface area (Å²) >= 11 is 0. The number of hydrogen-bond acceptors (Lipinski definition) is 4. The van der Waals surface area contributed by atoms with Crippen LogP contribution in [0.5, 0.6) is 5.75 Å². The molecule has 0 aliphatic heterocycles. The highest BCUT2D eigenvalue weighted by Crippen LogP contribution is 2.39. The largest absolute Gasteiger partial charge is 0.490 e. The van der Waals surface area contributed by atoms with E-state index >= 15 is 0 Å². The monoisotopic (exact) mass is 277 g/mol. The molecule has 0 heterocycles. The molecule has 4 nitrogen and oxygen atoms in total. The Morgan fingerprint density at radius 1 is 1.30 bits per heavy atom. The molecule has 1 saturated carbocycles. The highest BCUT2D eigenvalue weighted by atomic mass is 16.5. The predicted molar refractivity (Wildman–Crippen MR) is 77.8 cm³/mol. The van der Waals surface area contributed by atoms with Crippen molar-refractivity contribution in [1.29, 1.82) is 0 Å². The quantitative estimate of drug-likeness (QED) is 0.839. The van der Waals surface area contributed by atoms with Crippen molar-refractivity contribution in [1.82, 2.24) is 0 Å². The van der Waals surface area contributed by atoms with Gasteiger partial charge in [0.2, 0.25) is 0 Å². The van der Waals surface area contributed by atoms with Gasteiger partial charge < -0.3 is 15.2 Å². The van der Waals surface area contributed by atoms with Crippen LogP contribution in [0.1, 0.15) is 29.5 Å². The third-order valence-corrected chi connectivity index (χ3v) is 4.20. The highest BCUT2D eigenvalue weighted by molar-refractivity contribution is 5.81. The molecule has 1 aliphatic rings. The Kier molecular flexibility index (Phi) is 4.04. The molecule has 0 amide bonds. The van der Waals surface area contributed by atoms with E-state index in [4.69, 9.17) is 15.2 Å². The number of esters is 1. The number of carbonyl (C=O) groups is 1. The smallest absolute Gasteiger partial charge is 0.329 e. The van der Waals surface area contributed by atoms with Crippen LogP contribution in [0.4, 0.5) is 0 Å². The molecule has 1 aromatic carbocycles. The van der Waals surface area contributed by atoms with E-state index in [2.05, 4.69) is 6.07 Å². The van der Waals surface area contributed by atoms with E-state index in [0.29, 0.717) is 0 Å². The van der Waals surface area contributed by atoms with Crippen molar-refractivity contribution in [2.24, 2.45) is 11.7 Å². The number of nitrogens with two attached hydrogens (primary N) is 1. The lowest BCUT2D eigenvalue weighted by molar-refractivity contribution is -0.149. The first-order chi connectivity index (χ1) is 9.40. The van der Waals surface area contributed by atoms with E-state index < -0.39 is 5.54 Å². The fourth-order valence-electron chi connectivity index (χ4n) is 2.47. The van der Waals surface area contributed by atoms with Gasteiger partial charge in [-0.05, 0) is 56.2 Å². The number of carbonyl (C=O) groups excluding carboxylic acids is 1. The summed E-state index contributed by atoms with van der Waals surface area (Å²) in [6.45, 7) is 6.22. The maximum absolute atomic E-state index is 11.9. The molecule has 0 spiro atoms. The van der Waals surface area contributed by atoms with Crippen molar-refractivity contribution in [3.05, 3.63) is 28.8 Å². The Bertz CT molecular complexity index is 523. The number of aryl methyl sites for hydroxylation is 2. The lowest BCUT2D eigenvalue weighted by Gasteiger charge is -2.27. The van der Waals surface area contributed by atoms with Crippen molar-refractivity contribution >= 4 is 5.97 Å². The summed E-state index contributed by atoms with van der Waals surface area (Å²) in [6.07, 6.45) is 1.92. The van der Waals surface area contributed by atoms with Crippen molar-refractivity contribution in [2.75, 3.05) is 13.7 Å². The lowest BCUT2D eigenvalue weighted by Crippen LogP contribution is -2.55. The summed E-state index contributed by atoms with van der Waals surface area (Å²) in [5, 5.41) is 0. The summed E-state index contributed by atoms with van der Waals surface area (Å²) in [4.78, 5) is 11.9. The molecule has 110 valence electrons. The number of hydrogen-bond donors (Lipinski definition) is 1. The maximum Gasteiger partial charge on any atom is 0.329 e. The molecule has 1 aromatic rings. The number of rotatable bonds is 5. The van der Waals surface area contributed by atoms with Crippen LogP contribution < -0.4 is 10.5 Å². The normalized spacial score (nSPS) is 17.4. The van der Waals surface area contributed by atoms with Crippen LogP contribution in [0, 0.1) is 26.7 Å². The van der Waals surface area contributed by atoms with Crippen molar-refractivity contribution in [2.45, 2.75) is 39.2 Å². The first kappa shape index (κ1) is 14.9. The number of ether oxygens (including phenoxy) is 2. The van der Waals surface area contributed by atoms with Crippen LogP contribution in [0.3, 0.4) is 0 Å². The second-order valence-corrected chi connectivity index (χ2v) is 5.75. The fourth-order valence-corrected chi connectivity index (χ4v) is 2.47. The topological polar surface area (TPSA) is 61.5 Å². The molecule has 1 fully saturated rings. The highest BCUT2D eigenvalue weighted by Gasteiger charge is 2.50. The fraction of sp³-hybridized carbons (Fsp3) is 0.562. The van der Waals surface area contributed by atoms with Gasteiger partial charge in [0, 0.05) is 0 Å². The zero-order valence-corrected chi connectivity index (χ0v) is 12.7. The Hall–Kier alpha value is -1.55. The summed E-state index contributed by atoms with van der Waals surface area (Å²) in [5.41, 5.74) is 8.52. The second kappa shape index (κ2) is 5.44. The van der Waals surface area contributed by atoms with Crippen LogP contribution in [0.25, 0.3) is 0 Å². The molecule has 0 aromatic heterocycles. The minimum Gasteiger partial charge on any atom is -0.490 e. The zero-order chi connectivity index (χ0) is 14.9. The van der Waals surface area contributed by atoms with E-state index in [1.54, 1.807) is 0 Å². The average Bonchev–Trinajstić information content (AvgIpc) is 3.26. The van der Waals surface area contributed by atoms with E-state index in [9.17, 15) is 4.79 Å². The van der Waals surface area contributed by atoms with Crippen LogP contribution in [0.2, 0.25) is 0 Å². The van der Waals surface area contributed by atoms with E-state index in [1.807, 2.05) is 26.8 Å². The molecule has 0 bridgehead atoms. The third kappa shape index (κ3) is 2.66. The van der Waals surface area contributed by atoms with Gasteiger partial charge in [0.15, 0.2) is 5.54 Å². The van der Waals surface area contributed by atoms with Gasteiger partial charge in [0.1, 0.15) is 12.4 Å². The van der Waals surface area contributed by atoms with Crippen molar-refractivity contribution in [3.8, 4) is 5.75 Å². The van der Waals surface area contributed by atoms with E-state index in [0.717, 1.165) is 35.3 Å². The minimum atomic E-state index is -1.03. The Labute approximate surface area is 120 Å². The maximum atomic E-state index is 11.9. The van der Waals surface area contributed by atoms with Gasteiger partial charge in [-0.25, -0.2) is 4.79 Å². The summed E-state index contributed by atoms with van der Waals surface area (Å²) < 4.78 is 10.8. The van der Waals surface area contributed by atoms with Gasteiger partial charge in [0.25, 0.3) is 0 Å². The SMILES string of the molecule is COC(=O)C(N)(COc1c(C)ccc(C)c1C)C1CC1. The van der Waals surface area contributed by atoms with Crippen LogP contribution >= 0.6 is 0 Å². The summed E-state index contributed by atoms with van der Waals surface area (Å²) in [7, 11) is 1.37. The molecule has 1 atom stereocenters. The van der Waals surface area contributed by atoms with Gasteiger partial charge in [-0.2, -0.15) is 0 Å². The zero-order valence-electron chi connectivity index (χ0n) is 12.7. The lowest BCUT2D eigenvalue weighted by atomic mass is 9.95. The summed E-state index contributed by atoms with van der Waals surface area (Å²) in [6, 6.07) is 4.08. The molecule has 4 heteroatoms. The van der Waals surface area contributed by atoms with Crippen LogP contribution in [-0.4, -0.2) is 25.2 Å². The van der Waals surface area contributed by atoms with Gasteiger partial charge in [0.05, 0.1) is 7.11 Å². The molecule has 2 N–H and O–H groups in total. The van der Waals surface area contributed by atoms with Gasteiger partial charge in [-0.1, -0.05) is 12.1 Å². The Morgan fingerprint density at radius 3 is 2.45 bits per heavy atom. The standard InChI is InChI=1S/C16H23NO3/c1-10-5-6-11(2)14(12(10)3)20-9-16(17,13-7-8-13)15(18)19-4/h5-6,13H,7-9,17H2,1-4H3. The molecule has 20 heavy (non-hydrogen) atoms. The average molecular weight is 277 g/mol. The van der Waals surface area contributed by atoms with E-state index in [1.165, 1.54) is 7.11 Å². The minimum absolute atomic E-state index is 0.162. The van der Waals surface area contributed by atoms with Gasteiger partial charge >= 0.3 is 5.97 Å². The van der Waals surface area contributed by atoms with Crippen LogP contribution in [0.15, 0.2) is 12.1 Å². The predicted octanol–water partition coefficient (Wildman–Crippen LogP) is 2.27. The molecule has 1 unspecified atom stereocenters. The van der Waals surface area contributed by atoms with Crippen LogP contribution in [-0.2, 0) is 9.53 Å².